The molecule has 6 nitrogen and oxygen atoms in total. The van der Waals surface area contributed by atoms with Crippen LogP contribution >= 0.6 is 11.8 Å². The van der Waals surface area contributed by atoms with Crippen LogP contribution in [0.1, 0.15) is 32.2 Å². The lowest BCUT2D eigenvalue weighted by Gasteiger charge is -2.17. The van der Waals surface area contributed by atoms with E-state index in [1.807, 2.05) is 30.3 Å². The minimum Gasteiger partial charge on any atom is -0.465 e. The van der Waals surface area contributed by atoms with Crippen molar-refractivity contribution in [3.63, 3.8) is 0 Å². The third-order valence-corrected chi connectivity index (χ3v) is 5.10. The van der Waals surface area contributed by atoms with E-state index in [4.69, 9.17) is 9.15 Å². The molecule has 2 aromatic heterocycles. The second-order valence-electron chi connectivity index (χ2n) is 6.11. The first-order valence-corrected chi connectivity index (χ1v) is 9.42. The lowest BCUT2D eigenvalue weighted by atomic mass is 10.2. The molecule has 0 bridgehead atoms. The summed E-state index contributed by atoms with van der Waals surface area (Å²) in [6.07, 6.45) is 1.67. The van der Waals surface area contributed by atoms with E-state index in [0.29, 0.717) is 27.7 Å². The number of furan rings is 1. The number of hydrogen-bond donors (Lipinski definition) is 0. The number of nitrogens with zero attached hydrogens (tertiary/aromatic N) is 2. The van der Waals surface area contributed by atoms with E-state index in [0.717, 1.165) is 4.90 Å². The topological polar surface area (TPSA) is 72.6 Å². The molecule has 0 fully saturated rings. The highest BCUT2D eigenvalue weighted by atomic mass is 32.2. The van der Waals surface area contributed by atoms with E-state index >= 15 is 0 Å². The molecule has 0 aliphatic heterocycles. The Kier molecular flexibility index (Phi) is 6.16. The lowest BCUT2D eigenvalue weighted by molar-refractivity contribution is 0.0598. The normalized spacial score (nSPS) is 10.5. The second-order valence-corrected chi connectivity index (χ2v) is 7.17. The third-order valence-electron chi connectivity index (χ3n) is 4.07. The summed E-state index contributed by atoms with van der Waals surface area (Å²) in [5, 5.41) is 0.636. The predicted molar refractivity (Wildman–Crippen MR) is 105 cm³/mol. The van der Waals surface area contributed by atoms with E-state index in [-0.39, 0.29) is 12.5 Å². The molecule has 0 saturated heterocycles. The van der Waals surface area contributed by atoms with Gasteiger partial charge in [0.25, 0.3) is 5.91 Å². The van der Waals surface area contributed by atoms with Gasteiger partial charge in [0, 0.05) is 18.1 Å². The van der Waals surface area contributed by atoms with E-state index < -0.39 is 5.97 Å². The summed E-state index contributed by atoms with van der Waals surface area (Å²) < 4.78 is 10.3. The monoisotopic (exact) mass is 396 g/mol. The predicted octanol–water partition coefficient (Wildman–Crippen LogP) is 4.19. The molecule has 0 radical (unpaired) electrons. The maximum atomic E-state index is 13.0. The second kappa shape index (κ2) is 8.75. The largest absolute Gasteiger partial charge is 0.465 e. The number of esters is 1. The van der Waals surface area contributed by atoms with Crippen molar-refractivity contribution in [1.82, 2.24) is 9.88 Å². The van der Waals surface area contributed by atoms with E-state index in [9.17, 15) is 9.59 Å². The number of hydrogen-bond acceptors (Lipinski definition) is 6. The SMILES string of the molecule is COC(=O)c1cc(CN(C)C(=O)c2cccnc2Sc2ccccc2)oc1C. The van der Waals surface area contributed by atoms with Crippen LogP contribution in [0.3, 0.4) is 0 Å². The Bertz CT molecular complexity index is 985. The number of aromatic nitrogens is 1. The fourth-order valence-electron chi connectivity index (χ4n) is 2.68. The average molecular weight is 396 g/mol. The molecule has 7 heteroatoms. The van der Waals surface area contributed by atoms with Crippen molar-refractivity contribution in [3.05, 3.63) is 77.4 Å². The van der Waals surface area contributed by atoms with Crippen LogP contribution in [0.5, 0.6) is 0 Å². The van der Waals surface area contributed by atoms with Gasteiger partial charge in [-0.1, -0.05) is 30.0 Å². The van der Waals surface area contributed by atoms with Crippen molar-refractivity contribution in [2.45, 2.75) is 23.4 Å². The van der Waals surface area contributed by atoms with Gasteiger partial charge in [0.1, 0.15) is 22.1 Å². The average Bonchev–Trinajstić information content (AvgIpc) is 3.08. The molecule has 2 heterocycles. The van der Waals surface area contributed by atoms with Crippen molar-refractivity contribution >= 4 is 23.6 Å². The highest BCUT2D eigenvalue weighted by Gasteiger charge is 2.21. The van der Waals surface area contributed by atoms with Gasteiger partial charge in [-0.25, -0.2) is 9.78 Å². The summed E-state index contributed by atoms with van der Waals surface area (Å²) in [5.74, 6) is 0.329. The Morgan fingerprint density at radius 2 is 1.89 bits per heavy atom. The van der Waals surface area contributed by atoms with Gasteiger partial charge in [-0.3, -0.25) is 4.79 Å². The van der Waals surface area contributed by atoms with Crippen LogP contribution in [-0.4, -0.2) is 35.9 Å². The number of carbonyl (C=O) groups is 2. The molecule has 0 spiro atoms. The summed E-state index contributed by atoms with van der Waals surface area (Å²) in [7, 11) is 3.00. The number of methoxy groups -OCH3 is 1. The molecule has 28 heavy (non-hydrogen) atoms. The number of benzene rings is 1. The lowest BCUT2D eigenvalue weighted by Crippen LogP contribution is -2.26. The standard InChI is InChI=1S/C21H20N2O4S/c1-14-18(21(25)26-3)12-15(27-14)13-23(2)20(24)17-10-7-11-22-19(17)28-16-8-5-4-6-9-16/h4-12H,13H2,1-3H3. The number of aryl methyl sites for hydroxylation is 1. The first-order chi connectivity index (χ1) is 13.5. The molecular weight excluding hydrogens is 376 g/mol. The fourth-order valence-corrected chi connectivity index (χ4v) is 3.58. The van der Waals surface area contributed by atoms with Crippen LogP contribution in [0.4, 0.5) is 0 Å². The van der Waals surface area contributed by atoms with Crippen molar-refractivity contribution in [3.8, 4) is 0 Å². The molecule has 1 aromatic carbocycles. The number of ether oxygens (including phenoxy) is 1. The number of pyridine rings is 1. The van der Waals surface area contributed by atoms with Crippen LogP contribution in [0.15, 0.2) is 69.1 Å². The zero-order chi connectivity index (χ0) is 20.1. The highest BCUT2D eigenvalue weighted by molar-refractivity contribution is 7.99. The number of amides is 1. The molecule has 0 aliphatic rings. The minimum absolute atomic E-state index is 0.180. The van der Waals surface area contributed by atoms with Gasteiger partial charge in [0.15, 0.2) is 0 Å². The molecular formula is C21H20N2O4S. The number of carbonyl (C=O) groups excluding carboxylic acids is 2. The summed E-state index contributed by atoms with van der Waals surface area (Å²) in [6.45, 7) is 1.91. The summed E-state index contributed by atoms with van der Waals surface area (Å²) in [6, 6.07) is 14.9. The van der Waals surface area contributed by atoms with Crippen LogP contribution in [-0.2, 0) is 11.3 Å². The maximum absolute atomic E-state index is 13.0. The number of rotatable bonds is 6. The molecule has 144 valence electrons. The van der Waals surface area contributed by atoms with Crippen LogP contribution < -0.4 is 0 Å². The Morgan fingerprint density at radius 3 is 2.61 bits per heavy atom. The van der Waals surface area contributed by atoms with Crippen molar-refractivity contribution < 1.29 is 18.7 Å². The Morgan fingerprint density at radius 1 is 1.14 bits per heavy atom. The van der Waals surface area contributed by atoms with Crippen LogP contribution in [0.25, 0.3) is 0 Å². The smallest absolute Gasteiger partial charge is 0.341 e. The molecule has 0 unspecified atom stereocenters. The van der Waals surface area contributed by atoms with Crippen LogP contribution in [0.2, 0.25) is 0 Å². The van der Waals surface area contributed by atoms with Gasteiger partial charge in [-0.05, 0) is 37.3 Å². The van der Waals surface area contributed by atoms with Gasteiger partial charge >= 0.3 is 5.97 Å². The maximum Gasteiger partial charge on any atom is 0.341 e. The first kappa shape index (κ1) is 19.7. The van der Waals surface area contributed by atoms with E-state index in [2.05, 4.69) is 4.98 Å². The molecule has 0 aliphatic carbocycles. The Balaban J connectivity index is 1.78. The van der Waals surface area contributed by atoms with Crippen molar-refractivity contribution in [1.29, 1.82) is 0 Å². The molecule has 3 aromatic rings. The van der Waals surface area contributed by atoms with Gasteiger partial charge in [-0.2, -0.15) is 0 Å². The molecule has 0 N–H and O–H groups in total. The minimum atomic E-state index is -0.463. The van der Waals surface area contributed by atoms with Gasteiger partial charge in [0.2, 0.25) is 0 Å². The van der Waals surface area contributed by atoms with E-state index in [1.54, 1.807) is 38.4 Å². The van der Waals surface area contributed by atoms with Gasteiger partial charge < -0.3 is 14.1 Å². The van der Waals surface area contributed by atoms with Crippen molar-refractivity contribution in [2.24, 2.45) is 0 Å². The quantitative estimate of drug-likeness (QED) is 0.582. The zero-order valence-electron chi connectivity index (χ0n) is 15.8. The molecule has 0 atom stereocenters. The Hall–Kier alpha value is -3.06. The Labute approximate surface area is 167 Å². The van der Waals surface area contributed by atoms with Gasteiger partial charge in [0.05, 0.1) is 19.2 Å². The first-order valence-electron chi connectivity index (χ1n) is 8.60. The van der Waals surface area contributed by atoms with Crippen molar-refractivity contribution in [2.75, 3.05) is 14.2 Å². The highest BCUT2D eigenvalue weighted by Crippen LogP contribution is 2.29. The fraction of sp³-hybridized carbons (Fsp3) is 0.190. The molecule has 3 rings (SSSR count). The zero-order valence-corrected chi connectivity index (χ0v) is 16.7. The summed E-state index contributed by atoms with van der Waals surface area (Å²) in [5.41, 5.74) is 0.871. The third kappa shape index (κ3) is 4.43. The van der Waals surface area contributed by atoms with Gasteiger partial charge in [-0.15, -0.1) is 0 Å². The summed E-state index contributed by atoms with van der Waals surface area (Å²) >= 11 is 1.44. The summed E-state index contributed by atoms with van der Waals surface area (Å²) in [4.78, 5) is 31.6. The van der Waals surface area contributed by atoms with E-state index in [1.165, 1.54) is 23.8 Å². The van der Waals surface area contributed by atoms with Crippen LogP contribution in [0, 0.1) is 6.92 Å². The molecule has 0 saturated carbocycles. The molecule has 1 amide bonds.